The van der Waals surface area contributed by atoms with Crippen molar-refractivity contribution < 1.29 is 10.2 Å². The van der Waals surface area contributed by atoms with Crippen molar-refractivity contribution in [3.63, 3.8) is 0 Å². The summed E-state index contributed by atoms with van der Waals surface area (Å²) in [5.41, 5.74) is 1.69. The van der Waals surface area contributed by atoms with Crippen LogP contribution in [0.5, 0.6) is 0 Å². The molecule has 128 valence electrons. The Morgan fingerprint density at radius 3 is 2.84 bits per heavy atom. The van der Waals surface area contributed by atoms with Crippen molar-refractivity contribution in [1.29, 1.82) is 0 Å². The van der Waals surface area contributed by atoms with Gasteiger partial charge in [0.05, 0.1) is 11.5 Å². The van der Waals surface area contributed by atoms with Gasteiger partial charge < -0.3 is 20.1 Å². The lowest BCUT2D eigenvalue weighted by atomic mass is 9.95. The van der Waals surface area contributed by atoms with Crippen molar-refractivity contribution >= 4 is 16.9 Å². The largest absolute Gasteiger partial charge is 0.396 e. The molecule has 0 amide bonds. The summed E-state index contributed by atoms with van der Waals surface area (Å²) < 4.78 is 0. The van der Waals surface area contributed by atoms with Gasteiger partial charge in [0.25, 0.3) is 0 Å². The number of anilines is 1. The minimum atomic E-state index is -0.487. The number of benzene rings is 1. The molecule has 1 aromatic carbocycles. The molecular formula is C19H20N4O2. The molecule has 1 saturated heterocycles. The maximum Gasteiger partial charge on any atom is 0.142 e. The molecule has 6 nitrogen and oxygen atoms in total. The molecule has 3 N–H and O–H groups in total. The van der Waals surface area contributed by atoms with E-state index in [1.165, 1.54) is 5.56 Å². The number of nitrogens with one attached hydrogen (secondary N) is 1. The van der Waals surface area contributed by atoms with E-state index in [2.05, 4.69) is 32.0 Å². The molecule has 5 rings (SSSR count). The lowest BCUT2D eigenvalue weighted by Gasteiger charge is -2.18. The molecule has 1 saturated carbocycles. The van der Waals surface area contributed by atoms with Crippen LogP contribution in [0.1, 0.15) is 11.5 Å². The van der Waals surface area contributed by atoms with E-state index in [0.29, 0.717) is 13.1 Å². The maximum absolute atomic E-state index is 10.9. The number of nitrogens with zero attached hydrogens (tertiary/aromatic N) is 3. The van der Waals surface area contributed by atoms with Gasteiger partial charge in [-0.3, -0.25) is 0 Å². The highest BCUT2D eigenvalue weighted by Gasteiger charge is 2.71. The molecule has 0 unspecified atom stereocenters. The van der Waals surface area contributed by atoms with Crippen molar-refractivity contribution in [2.24, 2.45) is 11.3 Å². The minimum Gasteiger partial charge on any atom is -0.396 e. The summed E-state index contributed by atoms with van der Waals surface area (Å²) in [6, 6.07) is 12.2. The number of aromatic amines is 1. The summed E-state index contributed by atoms with van der Waals surface area (Å²) in [5.74, 6) is 1.11. The number of aromatic nitrogens is 3. The smallest absolute Gasteiger partial charge is 0.142 e. The van der Waals surface area contributed by atoms with E-state index in [1.807, 2.05) is 30.5 Å². The Labute approximate surface area is 145 Å². The highest BCUT2D eigenvalue weighted by molar-refractivity contribution is 5.87. The third-order valence-electron chi connectivity index (χ3n) is 6.03. The van der Waals surface area contributed by atoms with Gasteiger partial charge in [-0.15, -0.1) is 0 Å². The van der Waals surface area contributed by atoms with Gasteiger partial charge in [0.15, 0.2) is 0 Å². The molecule has 3 heterocycles. The van der Waals surface area contributed by atoms with Crippen LogP contribution in [0.3, 0.4) is 0 Å². The van der Waals surface area contributed by atoms with Crippen LogP contribution in [-0.2, 0) is 0 Å². The number of aliphatic hydroxyl groups excluding tert-OH is 2. The first-order chi connectivity index (χ1) is 12.3. The summed E-state index contributed by atoms with van der Waals surface area (Å²) in [4.78, 5) is 13.9. The van der Waals surface area contributed by atoms with Crippen LogP contribution >= 0.6 is 0 Å². The second-order valence-corrected chi connectivity index (χ2v) is 7.12. The molecule has 2 aromatic heterocycles. The molecule has 4 atom stereocenters. The Morgan fingerprint density at radius 1 is 1.20 bits per heavy atom. The first-order valence-corrected chi connectivity index (χ1v) is 8.62. The van der Waals surface area contributed by atoms with Gasteiger partial charge >= 0.3 is 0 Å². The van der Waals surface area contributed by atoms with Crippen LogP contribution in [-0.4, -0.2) is 51.0 Å². The maximum atomic E-state index is 10.9. The van der Waals surface area contributed by atoms with E-state index in [-0.39, 0.29) is 23.9 Å². The third-order valence-corrected chi connectivity index (χ3v) is 6.03. The summed E-state index contributed by atoms with van der Waals surface area (Å²) in [6.07, 6.45) is 2.92. The number of rotatable bonds is 3. The van der Waals surface area contributed by atoms with Crippen molar-refractivity contribution in [2.45, 2.75) is 12.0 Å². The highest BCUT2D eigenvalue weighted by atomic mass is 16.3. The average molecular weight is 336 g/mol. The number of hydrogen-bond donors (Lipinski definition) is 3. The average Bonchev–Trinajstić information content (AvgIpc) is 2.92. The summed E-state index contributed by atoms with van der Waals surface area (Å²) in [5, 5.41) is 21.8. The quantitative estimate of drug-likeness (QED) is 0.675. The van der Waals surface area contributed by atoms with Crippen LogP contribution in [0.15, 0.2) is 48.9 Å². The zero-order chi connectivity index (χ0) is 17.0. The molecule has 25 heavy (non-hydrogen) atoms. The van der Waals surface area contributed by atoms with Crippen LogP contribution in [0.4, 0.5) is 5.82 Å². The zero-order valence-electron chi connectivity index (χ0n) is 13.7. The van der Waals surface area contributed by atoms with Crippen LogP contribution in [0, 0.1) is 11.3 Å². The van der Waals surface area contributed by atoms with Gasteiger partial charge in [0, 0.05) is 31.3 Å². The Bertz CT molecular complexity index is 912. The molecular weight excluding hydrogens is 316 g/mol. The molecule has 0 radical (unpaired) electrons. The lowest BCUT2D eigenvalue weighted by Crippen LogP contribution is -2.23. The number of hydrogen-bond acceptors (Lipinski definition) is 5. The van der Waals surface area contributed by atoms with Gasteiger partial charge in [-0.25, -0.2) is 9.97 Å². The fraction of sp³-hybridized carbons (Fsp3) is 0.368. The lowest BCUT2D eigenvalue weighted by molar-refractivity contribution is 0.113. The van der Waals surface area contributed by atoms with Gasteiger partial charge in [0.2, 0.25) is 0 Å². The van der Waals surface area contributed by atoms with Crippen molar-refractivity contribution in [3.8, 4) is 0 Å². The van der Waals surface area contributed by atoms with E-state index < -0.39 is 6.10 Å². The normalized spacial score (nSPS) is 31.1. The first kappa shape index (κ1) is 14.9. The number of aliphatic hydroxyl groups is 2. The molecule has 1 aliphatic carbocycles. The second kappa shape index (κ2) is 5.28. The molecule has 2 aliphatic rings. The number of fused-ring (bicyclic) bond motifs is 1. The van der Waals surface area contributed by atoms with E-state index >= 15 is 0 Å². The third kappa shape index (κ3) is 1.98. The summed E-state index contributed by atoms with van der Waals surface area (Å²) in [6.45, 7) is 1.31. The predicted molar refractivity (Wildman–Crippen MR) is 94.3 cm³/mol. The fourth-order valence-corrected chi connectivity index (χ4v) is 4.84. The minimum absolute atomic E-state index is 0.0819. The molecule has 1 spiro atoms. The van der Waals surface area contributed by atoms with Gasteiger partial charge in [-0.1, -0.05) is 30.3 Å². The molecule has 3 aromatic rings. The monoisotopic (exact) mass is 336 g/mol. The second-order valence-electron chi connectivity index (χ2n) is 7.12. The Kier molecular flexibility index (Phi) is 3.14. The van der Waals surface area contributed by atoms with Crippen molar-refractivity contribution in [2.75, 3.05) is 24.6 Å². The van der Waals surface area contributed by atoms with Crippen molar-refractivity contribution in [3.05, 3.63) is 54.5 Å². The van der Waals surface area contributed by atoms with Crippen LogP contribution in [0.2, 0.25) is 0 Å². The van der Waals surface area contributed by atoms with Gasteiger partial charge in [0.1, 0.15) is 17.8 Å². The number of H-pyrrole nitrogens is 1. The topological polar surface area (TPSA) is 85.3 Å². The SMILES string of the molecule is OC[C@@H]1[C@@H](c2ccccc2)[C@]12CN(c1ncnc3[nH]ccc13)C[C@@H]2O. The molecule has 1 aliphatic heterocycles. The van der Waals surface area contributed by atoms with Crippen LogP contribution in [0.25, 0.3) is 11.0 Å². The van der Waals surface area contributed by atoms with E-state index in [9.17, 15) is 10.2 Å². The molecule has 2 fully saturated rings. The predicted octanol–water partition coefficient (Wildman–Crippen LogP) is 1.53. The first-order valence-electron chi connectivity index (χ1n) is 8.62. The summed E-state index contributed by atoms with van der Waals surface area (Å²) >= 11 is 0. The summed E-state index contributed by atoms with van der Waals surface area (Å²) in [7, 11) is 0. The van der Waals surface area contributed by atoms with E-state index in [4.69, 9.17) is 0 Å². The van der Waals surface area contributed by atoms with Crippen molar-refractivity contribution in [1.82, 2.24) is 15.0 Å². The van der Waals surface area contributed by atoms with E-state index in [0.717, 1.165) is 16.9 Å². The molecule has 0 bridgehead atoms. The standard InChI is InChI=1S/C19H20N4O2/c24-9-14-16(12-4-2-1-3-5-12)19(14)10-23(8-15(19)25)18-13-6-7-20-17(13)21-11-22-18/h1-7,11,14-16,24-25H,8-10H2,(H,20,21,22)/t14-,15+,16-,19-/m1/s1. The van der Waals surface area contributed by atoms with E-state index in [1.54, 1.807) is 6.33 Å². The fourth-order valence-electron chi connectivity index (χ4n) is 4.84. The van der Waals surface area contributed by atoms with Gasteiger partial charge in [-0.05, 0) is 23.5 Å². The highest BCUT2D eigenvalue weighted by Crippen LogP contribution is 2.68. The number of β-amino-alcohol motifs (C(OH)–C–C–N with tert-alkyl or cyclic N) is 1. The van der Waals surface area contributed by atoms with Crippen LogP contribution < -0.4 is 4.90 Å². The van der Waals surface area contributed by atoms with Gasteiger partial charge in [-0.2, -0.15) is 0 Å². The Morgan fingerprint density at radius 2 is 2.04 bits per heavy atom. The Balaban J connectivity index is 1.51. The zero-order valence-corrected chi connectivity index (χ0v) is 13.7. The molecule has 6 heteroatoms. The Hall–Kier alpha value is -2.44.